The molecule has 0 aromatic heterocycles. The van der Waals surface area contributed by atoms with E-state index in [1.54, 1.807) is 0 Å². The second-order valence-corrected chi connectivity index (χ2v) is 7.42. The fourth-order valence-corrected chi connectivity index (χ4v) is 4.58. The Hall–Kier alpha value is -0.280. The third kappa shape index (κ3) is 3.67. The Morgan fingerprint density at radius 3 is 2.15 bits per heavy atom. The topological polar surface area (TPSA) is 32.3 Å². The van der Waals surface area contributed by atoms with Gasteiger partial charge in [-0.3, -0.25) is 4.79 Å². The molecule has 3 aliphatic heterocycles. The lowest BCUT2D eigenvalue weighted by Crippen LogP contribution is -2.44. The average Bonchev–Trinajstić information content (AvgIpc) is 2.67. The quantitative estimate of drug-likeness (QED) is 0.850. The van der Waals surface area contributed by atoms with Crippen molar-refractivity contribution in [3.8, 4) is 0 Å². The van der Waals surface area contributed by atoms with Crippen LogP contribution in [0.3, 0.4) is 0 Å². The maximum absolute atomic E-state index is 12.5. The molecule has 3 heterocycles. The zero-order chi connectivity index (χ0) is 13.4. The smallest absolute Gasteiger partial charge is 0.222 e. The Morgan fingerprint density at radius 1 is 1.05 bits per heavy atom. The lowest BCUT2D eigenvalue weighted by Gasteiger charge is -2.36. The van der Waals surface area contributed by atoms with Crippen molar-refractivity contribution in [3.05, 3.63) is 0 Å². The van der Waals surface area contributed by atoms with Gasteiger partial charge in [0, 0.05) is 31.6 Å². The first kappa shape index (κ1) is 16.1. The summed E-state index contributed by atoms with van der Waals surface area (Å²) in [6, 6.07) is 1.41. The summed E-state index contributed by atoms with van der Waals surface area (Å²) in [4.78, 5) is 14.6. The summed E-state index contributed by atoms with van der Waals surface area (Å²) >= 11 is 0. The zero-order valence-electron chi connectivity index (χ0n) is 12.8. The van der Waals surface area contributed by atoms with Crippen molar-refractivity contribution in [2.45, 2.75) is 64.5 Å². The summed E-state index contributed by atoms with van der Waals surface area (Å²) < 4.78 is 0. The van der Waals surface area contributed by atoms with E-state index in [2.05, 4.69) is 24.1 Å². The minimum atomic E-state index is 0. The van der Waals surface area contributed by atoms with Crippen molar-refractivity contribution in [1.29, 1.82) is 0 Å². The SMILES string of the molecule is CC1CC(C)CN(C(=O)CC2CC3CCC(C2)N3)C1.Cl. The molecule has 0 spiro atoms. The summed E-state index contributed by atoms with van der Waals surface area (Å²) in [5.41, 5.74) is 0. The molecule has 20 heavy (non-hydrogen) atoms. The molecule has 3 nitrogen and oxygen atoms in total. The minimum absolute atomic E-state index is 0. The van der Waals surface area contributed by atoms with Gasteiger partial charge >= 0.3 is 0 Å². The summed E-state index contributed by atoms with van der Waals surface area (Å²) in [5.74, 6) is 2.41. The fraction of sp³-hybridized carbons (Fsp3) is 0.938. The number of halogens is 1. The third-order valence-corrected chi connectivity index (χ3v) is 5.26. The third-order valence-electron chi connectivity index (χ3n) is 5.26. The highest BCUT2D eigenvalue weighted by Crippen LogP contribution is 2.33. The van der Waals surface area contributed by atoms with E-state index >= 15 is 0 Å². The first-order valence-electron chi connectivity index (χ1n) is 8.14. The van der Waals surface area contributed by atoms with Crippen LogP contribution in [0.15, 0.2) is 0 Å². The molecule has 116 valence electrons. The minimum Gasteiger partial charge on any atom is -0.342 e. The average molecular weight is 301 g/mol. The van der Waals surface area contributed by atoms with Gasteiger partial charge in [-0.15, -0.1) is 12.4 Å². The number of carbonyl (C=O) groups excluding carboxylic acids is 1. The van der Waals surface area contributed by atoms with Crippen molar-refractivity contribution >= 4 is 18.3 Å². The van der Waals surface area contributed by atoms with Gasteiger partial charge in [0.05, 0.1) is 0 Å². The molecule has 4 unspecified atom stereocenters. The van der Waals surface area contributed by atoms with Gasteiger partial charge in [-0.1, -0.05) is 13.8 Å². The number of likely N-dealkylation sites (tertiary alicyclic amines) is 1. The Bertz CT molecular complexity index is 327. The molecule has 3 rings (SSSR count). The predicted molar refractivity (Wildman–Crippen MR) is 84.1 cm³/mol. The molecule has 4 heteroatoms. The number of nitrogens with zero attached hydrogens (tertiary/aromatic N) is 1. The highest BCUT2D eigenvalue weighted by molar-refractivity contribution is 5.85. The van der Waals surface area contributed by atoms with E-state index in [1.165, 1.54) is 32.1 Å². The van der Waals surface area contributed by atoms with Crippen LogP contribution in [0.25, 0.3) is 0 Å². The van der Waals surface area contributed by atoms with Crippen LogP contribution in [0.5, 0.6) is 0 Å². The Morgan fingerprint density at radius 2 is 1.60 bits per heavy atom. The number of rotatable bonds is 2. The molecular weight excluding hydrogens is 272 g/mol. The van der Waals surface area contributed by atoms with Gasteiger partial charge in [-0.05, 0) is 49.9 Å². The van der Waals surface area contributed by atoms with Gasteiger partial charge in [-0.25, -0.2) is 0 Å². The predicted octanol–water partition coefficient (Wildman–Crippen LogP) is 2.83. The van der Waals surface area contributed by atoms with Gasteiger partial charge in [0.1, 0.15) is 0 Å². The standard InChI is InChI=1S/C16H28N2O.ClH/c1-11-5-12(2)10-18(9-11)16(19)8-13-6-14-3-4-15(7-13)17-14;/h11-15,17H,3-10H2,1-2H3;1H. The lowest BCUT2D eigenvalue weighted by molar-refractivity contribution is -0.135. The molecule has 3 fully saturated rings. The van der Waals surface area contributed by atoms with Crippen molar-refractivity contribution < 1.29 is 4.79 Å². The van der Waals surface area contributed by atoms with Gasteiger partial charge in [0.2, 0.25) is 5.91 Å². The van der Waals surface area contributed by atoms with E-state index in [1.807, 2.05) is 0 Å². The first-order chi connectivity index (χ1) is 9.10. The van der Waals surface area contributed by atoms with E-state index in [9.17, 15) is 4.79 Å². The summed E-state index contributed by atoms with van der Waals surface area (Å²) in [6.07, 6.45) is 7.18. The summed E-state index contributed by atoms with van der Waals surface area (Å²) in [6.45, 7) is 6.53. The second kappa shape index (κ2) is 6.65. The number of piperidine rings is 2. The molecule has 1 N–H and O–H groups in total. The van der Waals surface area contributed by atoms with Crippen LogP contribution >= 0.6 is 12.4 Å². The largest absolute Gasteiger partial charge is 0.342 e. The summed E-state index contributed by atoms with van der Waals surface area (Å²) in [7, 11) is 0. The van der Waals surface area contributed by atoms with Crippen LogP contribution in [0.4, 0.5) is 0 Å². The number of hydrogen-bond acceptors (Lipinski definition) is 2. The van der Waals surface area contributed by atoms with Crippen LogP contribution in [-0.4, -0.2) is 36.0 Å². The van der Waals surface area contributed by atoms with E-state index in [0.29, 0.717) is 35.7 Å². The molecule has 0 radical (unpaired) electrons. The molecule has 3 aliphatic rings. The zero-order valence-corrected chi connectivity index (χ0v) is 13.6. The molecule has 0 aliphatic carbocycles. The van der Waals surface area contributed by atoms with Gasteiger partial charge in [0.25, 0.3) is 0 Å². The monoisotopic (exact) mass is 300 g/mol. The number of amides is 1. The number of carbonyl (C=O) groups is 1. The highest BCUT2D eigenvalue weighted by Gasteiger charge is 2.35. The van der Waals surface area contributed by atoms with E-state index in [0.717, 1.165) is 19.5 Å². The van der Waals surface area contributed by atoms with Crippen LogP contribution in [0, 0.1) is 17.8 Å². The molecular formula is C16H29ClN2O. The Labute approximate surface area is 129 Å². The molecule has 2 bridgehead atoms. The molecule has 1 amide bonds. The lowest BCUT2D eigenvalue weighted by atomic mass is 9.87. The van der Waals surface area contributed by atoms with Crippen molar-refractivity contribution in [1.82, 2.24) is 10.2 Å². The van der Waals surface area contributed by atoms with Crippen LogP contribution in [-0.2, 0) is 4.79 Å². The van der Waals surface area contributed by atoms with Crippen molar-refractivity contribution in [2.24, 2.45) is 17.8 Å². The number of hydrogen-bond donors (Lipinski definition) is 1. The van der Waals surface area contributed by atoms with Crippen molar-refractivity contribution in [2.75, 3.05) is 13.1 Å². The molecule has 0 aromatic carbocycles. The highest BCUT2D eigenvalue weighted by atomic mass is 35.5. The fourth-order valence-electron chi connectivity index (χ4n) is 4.58. The second-order valence-electron chi connectivity index (χ2n) is 7.42. The Balaban J connectivity index is 0.00000147. The molecule has 3 saturated heterocycles. The normalized spacial score (nSPS) is 40.3. The van der Waals surface area contributed by atoms with Gasteiger partial charge < -0.3 is 10.2 Å². The first-order valence-corrected chi connectivity index (χ1v) is 8.14. The number of fused-ring (bicyclic) bond motifs is 2. The molecule has 0 aromatic rings. The maximum Gasteiger partial charge on any atom is 0.222 e. The Kier molecular flexibility index (Phi) is 5.36. The van der Waals surface area contributed by atoms with E-state index < -0.39 is 0 Å². The van der Waals surface area contributed by atoms with Crippen LogP contribution in [0.2, 0.25) is 0 Å². The summed E-state index contributed by atoms with van der Waals surface area (Å²) in [5, 5.41) is 3.66. The van der Waals surface area contributed by atoms with Crippen LogP contribution in [0.1, 0.15) is 52.4 Å². The maximum atomic E-state index is 12.5. The van der Waals surface area contributed by atoms with Gasteiger partial charge in [-0.2, -0.15) is 0 Å². The van der Waals surface area contributed by atoms with Crippen LogP contribution < -0.4 is 5.32 Å². The van der Waals surface area contributed by atoms with E-state index in [-0.39, 0.29) is 12.4 Å². The molecule has 0 saturated carbocycles. The van der Waals surface area contributed by atoms with Gasteiger partial charge in [0.15, 0.2) is 0 Å². The van der Waals surface area contributed by atoms with E-state index in [4.69, 9.17) is 0 Å². The van der Waals surface area contributed by atoms with Crippen molar-refractivity contribution in [3.63, 3.8) is 0 Å². The number of nitrogens with one attached hydrogen (secondary N) is 1. The molecule has 4 atom stereocenters.